The lowest BCUT2D eigenvalue weighted by molar-refractivity contribution is -0.115. The highest BCUT2D eigenvalue weighted by Gasteiger charge is 2.70. The predicted molar refractivity (Wildman–Crippen MR) is 44.2 cm³/mol. The molecular weight excluding hydrogens is 136 g/mol. The molecule has 3 atom stereocenters. The van der Waals surface area contributed by atoms with Gasteiger partial charge in [0, 0.05) is 11.3 Å². The molecule has 3 unspecified atom stereocenters. The number of Topliss-reactive ketones (excluding diaryl/α,β-unsaturated/α-hetero) is 1. The quantitative estimate of drug-likeness (QED) is 0.563. The molecule has 0 aromatic heterocycles. The van der Waals surface area contributed by atoms with E-state index in [0.29, 0.717) is 23.5 Å². The van der Waals surface area contributed by atoms with Crippen molar-refractivity contribution in [1.82, 2.24) is 0 Å². The van der Waals surface area contributed by atoms with E-state index in [1.54, 1.807) is 0 Å². The molecule has 2 aliphatic rings. The number of rotatable bonds is 1. The Morgan fingerprint density at radius 3 is 2.45 bits per heavy atom. The van der Waals surface area contributed by atoms with Crippen molar-refractivity contribution in [1.29, 1.82) is 0 Å². The maximum Gasteiger partial charge on any atom is 0.144 e. The Hall–Kier alpha value is -0.330. The Balaban J connectivity index is 2.25. The molecule has 0 spiro atoms. The van der Waals surface area contributed by atoms with Crippen molar-refractivity contribution in [3.05, 3.63) is 0 Å². The second kappa shape index (κ2) is 1.88. The molecule has 1 heteroatoms. The molecule has 2 fully saturated rings. The van der Waals surface area contributed by atoms with Gasteiger partial charge in [-0.15, -0.1) is 0 Å². The van der Waals surface area contributed by atoms with Crippen LogP contribution in [-0.2, 0) is 4.79 Å². The summed E-state index contributed by atoms with van der Waals surface area (Å²) in [6.07, 6.45) is 2.43. The molecule has 2 aliphatic carbocycles. The number of carbonyl (C=O) groups is 1. The van der Waals surface area contributed by atoms with Gasteiger partial charge in [0.25, 0.3) is 0 Å². The Morgan fingerprint density at radius 1 is 1.55 bits per heavy atom. The van der Waals surface area contributed by atoms with Gasteiger partial charge in [-0.1, -0.05) is 20.8 Å². The fourth-order valence-electron chi connectivity index (χ4n) is 3.00. The number of carbonyl (C=O) groups excluding carboxylic acids is 1. The normalized spacial score (nSPS) is 48.2. The van der Waals surface area contributed by atoms with Gasteiger partial charge >= 0.3 is 0 Å². The third kappa shape index (κ3) is 0.646. The number of ketones is 1. The van der Waals surface area contributed by atoms with Crippen molar-refractivity contribution < 1.29 is 4.79 Å². The molecular formula is C10H16O. The lowest BCUT2D eigenvalue weighted by Gasteiger charge is -2.12. The van der Waals surface area contributed by atoms with Crippen LogP contribution < -0.4 is 0 Å². The van der Waals surface area contributed by atoms with Crippen molar-refractivity contribution >= 4 is 5.78 Å². The van der Waals surface area contributed by atoms with Crippen molar-refractivity contribution in [2.24, 2.45) is 23.2 Å². The summed E-state index contributed by atoms with van der Waals surface area (Å²) in [6.45, 7) is 6.60. The molecule has 0 aliphatic heterocycles. The van der Waals surface area contributed by atoms with E-state index in [1.165, 1.54) is 6.42 Å². The Morgan fingerprint density at radius 2 is 2.18 bits per heavy atom. The van der Waals surface area contributed by atoms with Crippen LogP contribution >= 0.6 is 0 Å². The largest absolute Gasteiger partial charge is 0.299 e. The van der Waals surface area contributed by atoms with Gasteiger partial charge in [0.05, 0.1) is 0 Å². The van der Waals surface area contributed by atoms with Crippen LogP contribution in [-0.4, -0.2) is 5.78 Å². The maximum absolute atomic E-state index is 11.5. The van der Waals surface area contributed by atoms with Crippen molar-refractivity contribution in [3.8, 4) is 0 Å². The van der Waals surface area contributed by atoms with Gasteiger partial charge in [-0.25, -0.2) is 0 Å². The summed E-state index contributed by atoms with van der Waals surface area (Å²) in [6, 6.07) is 0. The van der Waals surface area contributed by atoms with Crippen LogP contribution in [0.4, 0.5) is 0 Å². The van der Waals surface area contributed by atoms with Crippen LogP contribution in [0.2, 0.25) is 0 Å². The van der Waals surface area contributed by atoms with E-state index >= 15 is 0 Å². The van der Waals surface area contributed by atoms with E-state index in [0.717, 1.165) is 6.42 Å². The van der Waals surface area contributed by atoms with E-state index in [9.17, 15) is 4.79 Å². The second-order valence-electron chi connectivity index (χ2n) is 4.55. The third-order valence-corrected chi connectivity index (χ3v) is 3.83. The molecule has 0 N–H and O–H groups in total. The van der Waals surface area contributed by atoms with Crippen molar-refractivity contribution in [2.45, 2.75) is 33.6 Å². The molecule has 1 nitrogen and oxygen atoms in total. The number of hydrogen-bond donors (Lipinski definition) is 0. The highest BCUT2D eigenvalue weighted by Crippen LogP contribution is 2.66. The van der Waals surface area contributed by atoms with Gasteiger partial charge in [-0.3, -0.25) is 4.79 Å². The van der Waals surface area contributed by atoms with E-state index < -0.39 is 0 Å². The van der Waals surface area contributed by atoms with Gasteiger partial charge < -0.3 is 0 Å². The molecule has 0 saturated heterocycles. The number of fused-ring (bicyclic) bond motifs is 1. The Bertz CT molecular complexity index is 207. The molecule has 0 aromatic rings. The summed E-state index contributed by atoms with van der Waals surface area (Å²) in [5.74, 6) is 2.25. The molecule has 11 heavy (non-hydrogen) atoms. The predicted octanol–water partition coefficient (Wildman–Crippen LogP) is 2.26. The van der Waals surface area contributed by atoms with Gasteiger partial charge in [0.2, 0.25) is 0 Å². The fourth-order valence-corrected chi connectivity index (χ4v) is 3.00. The van der Waals surface area contributed by atoms with Crippen LogP contribution in [0, 0.1) is 23.2 Å². The van der Waals surface area contributed by atoms with Crippen LogP contribution in [0.5, 0.6) is 0 Å². The summed E-state index contributed by atoms with van der Waals surface area (Å²) in [4.78, 5) is 11.5. The number of hydrogen-bond acceptors (Lipinski definition) is 1. The molecule has 62 valence electrons. The lowest BCUT2D eigenvalue weighted by Crippen LogP contribution is -2.10. The summed E-state index contributed by atoms with van der Waals surface area (Å²) < 4.78 is 0. The second-order valence-corrected chi connectivity index (χ2v) is 4.55. The van der Waals surface area contributed by atoms with Crippen LogP contribution in [0.25, 0.3) is 0 Å². The van der Waals surface area contributed by atoms with Gasteiger partial charge in [0.1, 0.15) is 5.78 Å². The zero-order valence-corrected chi connectivity index (χ0v) is 7.55. The van der Waals surface area contributed by atoms with Crippen molar-refractivity contribution in [2.75, 3.05) is 0 Å². The Kier molecular flexibility index (Phi) is 1.25. The third-order valence-electron chi connectivity index (χ3n) is 3.83. The van der Waals surface area contributed by atoms with Gasteiger partial charge in [-0.05, 0) is 24.7 Å². The molecule has 0 heterocycles. The van der Waals surface area contributed by atoms with Crippen LogP contribution in [0.3, 0.4) is 0 Å². The van der Waals surface area contributed by atoms with E-state index in [4.69, 9.17) is 0 Å². The monoisotopic (exact) mass is 152 g/mol. The first-order chi connectivity index (χ1) is 5.10. The average Bonchev–Trinajstić information content (AvgIpc) is 2.32. The van der Waals surface area contributed by atoms with E-state index in [1.807, 2.05) is 0 Å². The summed E-state index contributed by atoms with van der Waals surface area (Å²) in [5.41, 5.74) is 0.152. The lowest BCUT2D eigenvalue weighted by atomic mass is 9.90. The fraction of sp³-hybridized carbons (Fsp3) is 0.900. The first kappa shape index (κ1) is 7.33. The standard InChI is InChI=1S/C10H16O/c1-6(2)10-5-4-7(3)8(10)9(10)11/h6-8H,4-5H2,1-3H3. The first-order valence-electron chi connectivity index (χ1n) is 4.65. The SMILES string of the molecule is CC1CCC2(C(C)C)C(=O)C12. The summed E-state index contributed by atoms with van der Waals surface area (Å²) in [5, 5.41) is 0. The maximum atomic E-state index is 11.5. The summed E-state index contributed by atoms with van der Waals surface area (Å²) >= 11 is 0. The van der Waals surface area contributed by atoms with Crippen LogP contribution in [0.15, 0.2) is 0 Å². The molecule has 2 rings (SSSR count). The smallest absolute Gasteiger partial charge is 0.144 e. The molecule has 0 aromatic carbocycles. The minimum Gasteiger partial charge on any atom is -0.299 e. The van der Waals surface area contributed by atoms with Gasteiger partial charge in [-0.2, -0.15) is 0 Å². The Labute approximate surface area is 68.2 Å². The summed E-state index contributed by atoms with van der Waals surface area (Å²) in [7, 11) is 0. The first-order valence-corrected chi connectivity index (χ1v) is 4.65. The molecule has 0 bridgehead atoms. The minimum absolute atomic E-state index is 0.152. The molecule has 0 radical (unpaired) electrons. The minimum atomic E-state index is 0.152. The molecule has 2 saturated carbocycles. The van der Waals surface area contributed by atoms with Crippen LogP contribution in [0.1, 0.15) is 33.6 Å². The zero-order valence-electron chi connectivity index (χ0n) is 7.55. The average molecular weight is 152 g/mol. The van der Waals surface area contributed by atoms with E-state index in [-0.39, 0.29) is 5.41 Å². The van der Waals surface area contributed by atoms with E-state index in [2.05, 4.69) is 20.8 Å². The highest BCUT2D eigenvalue weighted by molar-refractivity contribution is 6.05. The van der Waals surface area contributed by atoms with Gasteiger partial charge in [0.15, 0.2) is 0 Å². The highest BCUT2D eigenvalue weighted by atomic mass is 16.1. The molecule has 0 amide bonds. The zero-order chi connectivity index (χ0) is 8.22. The topological polar surface area (TPSA) is 17.1 Å². The van der Waals surface area contributed by atoms with Crippen molar-refractivity contribution in [3.63, 3.8) is 0 Å².